The molecule has 2 aromatic heterocycles. The van der Waals surface area contributed by atoms with Gasteiger partial charge in [0.05, 0.1) is 18.0 Å². The van der Waals surface area contributed by atoms with Gasteiger partial charge in [-0.25, -0.2) is 10.1 Å². The van der Waals surface area contributed by atoms with Gasteiger partial charge >= 0.3 is 0 Å². The second kappa shape index (κ2) is 11.9. The van der Waals surface area contributed by atoms with E-state index in [0.717, 1.165) is 35.5 Å². The number of nitrogen functional groups attached to an aromatic ring is 1. The van der Waals surface area contributed by atoms with Crippen LogP contribution in [-0.2, 0) is 19.6 Å². The number of amides is 1. The Labute approximate surface area is 258 Å². The minimum Gasteiger partial charge on any atom is -0.489 e. The molecule has 0 saturated carbocycles. The maximum Gasteiger partial charge on any atom is 0.293 e. The number of aromatic nitrogens is 5. The molecule has 0 spiro atoms. The topological polar surface area (TPSA) is 150 Å². The molecule has 6 aromatic rings. The van der Waals surface area contributed by atoms with Gasteiger partial charge in [-0.2, -0.15) is 9.78 Å². The standard InChI is InChI=1S/C33H29N9O3/c1-21(22-13-15-26(16-14-22)44-20-25-10-6-9-23-7-2-4-11-27(23)25)35-37-33(43)30-29(42(40-36-30)32-31(34)38-45-39-32)19-41-18-17-24-8-3-5-12-28(24)41/h2-16H,17-20H2,1H3,(H2,34,38)(H,37,43)/b35-21+. The lowest BCUT2D eigenvalue weighted by molar-refractivity contribution is 0.0948. The van der Waals surface area contributed by atoms with Crippen molar-refractivity contribution in [2.45, 2.75) is 26.5 Å². The van der Waals surface area contributed by atoms with E-state index in [9.17, 15) is 4.79 Å². The van der Waals surface area contributed by atoms with E-state index in [1.807, 2.05) is 61.5 Å². The first-order valence-corrected chi connectivity index (χ1v) is 14.5. The first kappa shape index (κ1) is 27.8. The summed E-state index contributed by atoms with van der Waals surface area (Å²) in [6.45, 7) is 3.37. The minimum atomic E-state index is -0.520. The second-order valence-electron chi connectivity index (χ2n) is 10.7. The molecule has 1 aliphatic heterocycles. The van der Waals surface area contributed by atoms with Gasteiger partial charge in [-0.1, -0.05) is 65.9 Å². The summed E-state index contributed by atoms with van der Waals surface area (Å²) in [4.78, 5) is 15.5. The minimum absolute atomic E-state index is 0.0355. The highest BCUT2D eigenvalue weighted by Crippen LogP contribution is 2.30. The molecule has 12 nitrogen and oxygen atoms in total. The fourth-order valence-electron chi connectivity index (χ4n) is 5.50. The van der Waals surface area contributed by atoms with Crippen molar-refractivity contribution in [3.05, 3.63) is 119 Å². The van der Waals surface area contributed by atoms with Crippen molar-refractivity contribution in [3.8, 4) is 11.6 Å². The normalized spacial score (nSPS) is 12.8. The van der Waals surface area contributed by atoms with Gasteiger partial charge in [-0.05, 0) is 81.5 Å². The third-order valence-corrected chi connectivity index (χ3v) is 7.87. The molecule has 45 heavy (non-hydrogen) atoms. The van der Waals surface area contributed by atoms with Gasteiger partial charge < -0.3 is 15.4 Å². The number of carbonyl (C=O) groups is 1. The molecule has 1 aliphatic rings. The highest BCUT2D eigenvalue weighted by Gasteiger charge is 2.28. The van der Waals surface area contributed by atoms with Crippen LogP contribution in [-0.4, -0.2) is 43.5 Å². The van der Waals surface area contributed by atoms with Crippen LogP contribution in [0.2, 0.25) is 0 Å². The maximum absolute atomic E-state index is 13.4. The summed E-state index contributed by atoms with van der Waals surface area (Å²) in [6, 6.07) is 30.2. The first-order valence-electron chi connectivity index (χ1n) is 14.5. The van der Waals surface area contributed by atoms with Gasteiger partial charge in [0.25, 0.3) is 5.91 Å². The van der Waals surface area contributed by atoms with Crippen LogP contribution in [0.15, 0.2) is 101 Å². The van der Waals surface area contributed by atoms with Crippen LogP contribution < -0.4 is 20.8 Å². The largest absolute Gasteiger partial charge is 0.489 e. The zero-order valence-electron chi connectivity index (χ0n) is 24.4. The number of hydrazone groups is 1. The summed E-state index contributed by atoms with van der Waals surface area (Å²) in [5.74, 6) is 0.405. The van der Waals surface area contributed by atoms with Crippen molar-refractivity contribution in [1.82, 2.24) is 30.7 Å². The fraction of sp³-hybridized carbons (Fsp3) is 0.152. The van der Waals surface area contributed by atoms with E-state index in [-0.39, 0.29) is 17.3 Å². The number of anilines is 2. The van der Waals surface area contributed by atoms with E-state index in [0.29, 0.717) is 24.6 Å². The molecule has 224 valence electrons. The number of ether oxygens (including phenoxy) is 1. The lowest BCUT2D eigenvalue weighted by Gasteiger charge is -2.19. The number of carbonyl (C=O) groups excluding carboxylic acids is 1. The molecule has 4 aromatic carbocycles. The smallest absolute Gasteiger partial charge is 0.293 e. The zero-order chi connectivity index (χ0) is 30.8. The van der Waals surface area contributed by atoms with E-state index in [2.05, 4.69) is 72.5 Å². The number of rotatable bonds is 9. The van der Waals surface area contributed by atoms with Gasteiger partial charge in [0, 0.05) is 12.2 Å². The van der Waals surface area contributed by atoms with Crippen LogP contribution in [0.1, 0.15) is 39.8 Å². The Morgan fingerprint density at radius 1 is 1.00 bits per heavy atom. The van der Waals surface area contributed by atoms with E-state index in [4.69, 9.17) is 15.1 Å². The van der Waals surface area contributed by atoms with E-state index >= 15 is 0 Å². The van der Waals surface area contributed by atoms with Crippen LogP contribution >= 0.6 is 0 Å². The van der Waals surface area contributed by atoms with Crippen LogP contribution in [0.25, 0.3) is 16.6 Å². The number of fused-ring (bicyclic) bond motifs is 2. The van der Waals surface area contributed by atoms with E-state index in [1.165, 1.54) is 21.0 Å². The number of benzene rings is 4. The molecule has 12 heteroatoms. The number of nitrogens with one attached hydrogen (secondary N) is 1. The predicted octanol–water partition coefficient (Wildman–Crippen LogP) is 4.68. The lowest BCUT2D eigenvalue weighted by atomic mass is 10.1. The Bertz CT molecular complexity index is 2030. The van der Waals surface area contributed by atoms with Crippen molar-refractivity contribution in [1.29, 1.82) is 0 Å². The third kappa shape index (κ3) is 5.56. The summed E-state index contributed by atoms with van der Waals surface area (Å²) in [5, 5.41) is 22.5. The highest BCUT2D eigenvalue weighted by molar-refractivity contribution is 6.00. The SMILES string of the molecule is C/C(=N\NC(=O)c1nnn(-c2nonc2N)c1CN1CCc2ccccc21)c1ccc(OCc2cccc3ccccc23)cc1. The van der Waals surface area contributed by atoms with Crippen LogP contribution in [0.4, 0.5) is 11.5 Å². The molecule has 0 atom stereocenters. The van der Waals surface area contributed by atoms with Crippen molar-refractivity contribution >= 4 is 33.9 Å². The lowest BCUT2D eigenvalue weighted by Crippen LogP contribution is -2.26. The second-order valence-corrected chi connectivity index (χ2v) is 10.7. The molecule has 0 unspecified atom stereocenters. The Balaban J connectivity index is 1.06. The number of nitrogens with two attached hydrogens (primary N) is 1. The zero-order valence-corrected chi connectivity index (χ0v) is 24.4. The van der Waals surface area contributed by atoms with E-state index in [1.54, 1.807) is 0 Å². The van der Waals surface area contributed by atoms with Gasteiger partial charge in [0.1, 0.15) is 12.4 Å². The van der Waals surface area contributed by atoms with E-state index < -0.39 is 5.91 Å². The molecule has 3 N–H and O–H groups in total. The molecule has 0 fully saturated rings. The van der Waals surface area contributed by atoms with Gasteiger partial charge in [-0.3, -0.25) is 4.79 Å². The van der Waals surface area contributed by atoms with Crippen molar-refractivity contribution < 1.29 is 14.2 Å². The van der Waals surface area contributed by atoms with Crippen molar-refractivity contribution in [2.75, 3.05) is 17.2 Å². The van der Waals surface area contributed by atoms with Crippen molar-refractivity contribution in [3.63, 3.8) is 0 Å². The Hall–Kier alpha value is -6.04. The molecule has 7 rings (SSSR count). The van der Waals surface area contributed by atoms with Crippen LogP contribution in [0, 0.1) is 0 Å². The van der Waals surface area contributed by atoms with Crippen LogP contribution in [0.5, 0.6) is 5.75 Å². The molecule has 0 bridgehead atoms. The summed E-state index contributed by atoms with van der Waals surface area (Å²) in [6.07, 6.45) is 0.892. The summed E-state index contributed by atoms with van der Waals surface area (Å²) in [5.41, 5.74) is 14.0. The Morgan fingerprint density at radius 3 is 2.64 bits per heavy atom. The molecular formula is C33H29N9O3. The first-order chi connectivity index (χ1) is 22.0. The summed E-state index contributed by atoms with van der Waals surface area (Å²) in [7, 11) is 0. The Kier molecular flexibility index (Phi) is 7.36. The average molecular weight is 600 g/mol. The summed E-state index contributed by atoms with van der Waals surface area (Å²) < 4.78 is 12.2. The maximum atomic E-state index is 13.4. The highest BCUT2D eigenvalue weighted by atomic mass is 16.6. The number of para-hydroxylation sites is 1. The third-order valence-electron chi connectivity index (χ3n) is 7.87. The fourth-order valence-corrected chi connectivity index (χ4v) is 5.50. The van der Waals surface area contributed by atoms with Gasteiger partial charge in [-0.15, -0.1) is 5.10 Å². The van der Waals surface area contributed by atoms with Gasteiger partial charge in [0.15, 0.2) is 5.69 Å². The molecule has 0 aliphatic carbocycles. The average Bonchev–Trinajstić information content (AvgIpc) is 3.81. The number of hydrogen-bond acceptors (Lipinski definition) is 10. The predicted molar refractivity (Wildman–Crippen MR) is 169 cm³/mol. The quantitative estimate of drug-likeness (QED) is 0.178. The van der Waals surface area contributed by atoms with Crippen molar-refractivity contribution in [2.24, 2.45) is 5.10 Å². The molecule has 1 amide bonds. The molecule has 0 radical (unpaired) electrons. The molecular weight excluding hydrogens is 570 g/mol. The molecule has 0 saturated heterocycles. The Morgan fingerprint density at radius 2 is 1.80 bits per heavy atom. The summed E-state index contributed by atoms with van der Waals surface area (Å²) >= 11 is 0. The number of nitrogens with zero attached hydrogens (tertiary/aromatic N) is 7. The molecule has 3 heterocycles. The van der Waals surface area contributed by atoms with Gasteiger partial charge in [0.2, 0.25) is 11.6 Å². The van der Waals surface area contributed by atoms with Crippen LogP contribution in [0.3, 0.4) is 0 Å². The number of hydrogen-bond donors (Lipinski definition) is 2. The monoisotopic (exact) mass is 599 g/mol.